The number of methoxy groups -OCH3 is 1. The average Bonchev–Trinajstić information content (AvgIpc) is 2.53. The molecule has 2 aromatic carbocycles. The lowest BCUT2D eigenvalue weighted by atomic mass is 10.0. The number of hydrogen-bond donors (Lipinski definition) is 1. The molecule has 2 rings (SSSR count). The van der Waals surface area contributed by atoms with Crippen LogP contribution < -0.4 is 19.9 Å². The van der Waals surface area contributed by atoms with Gasteiger partial charge in [0.15, 0.2) is 0 Å². The van der Waals surface area contributed by atoms with Gasteiger partial charge in [-0.3, -0.25) is 0 Å². The van der Waals surface area contributed by atoms with Gasteiger partial charge >= 0.3 is 0 Å². The van der Waals surface area contributed by atoms with Crippen LogP contribution in [-0.2, 0) is 0 Å². The van der Waals surface area contributed by atoms with Crippen LogP contribution in [0.4, 0.5) is 5.69 Å². The predicted molar refractivity (Wildman–Crippen MR) is 88.9 cm³/mol. The molecule has 0 aliphatic heterocycles. The van der Waals surface area contributed by atoms with E-state index in [0.29, 0.717) is 36.3 Å². The van der Waals surface area contributed by atoms with Crippen molar-refractivity contribution in [3.63, 3.8) is 0 Å². The number of hydrogen-bond acceptors (Lipinski definition) is 4. The second-order valence-corrected chi connectivity index (χ2v) is 5.32. The van der Waals surface area contributed by atoms with Crippen molar-refractivity contribution in [2.24, 2.45) is 0 Å². The summed E-state index contributed by atoms with van der Waals surface area (Å²) in [6.07, 6.45) is 0. The molecule has 0 saturated carbocycles. The molecule has 0 aliphatic carbocycles. The van der Waals surface area contributed by atoms with Crippen LogP contribution in [0.15, 0.2) is 42.5 Å². The predicted octanol–water partition coefficient (Wildman–Crippen LogP) is 3.86. The van der Waals surface area contributed by atoms with Gasteiger partial charge in [-0.05, 0) is 35.7 Å². The largest absolute Gasteiger partial charge is 0.497 e. The Morgan fingerprint density at radius 1 is 0.909 bits per heavy atom. The van der Waals surface area contributed by atoms with Gasteiger partial charge in [0.05, 0.1) is 12.8 Å². The number of benzene rings is 2. The maximum Gasteiger partial charge on any atom is 0.142 e. The molecule has 0 bridgehead atoms. The Bertz CT molecular complexity index is 594. The summed E-state index contributed by atoms with van der Waals surface area (Å²) in [5.74, 6) is 2.72. The van der Waals surface area contributed by atoms with E-state index in [-0.39, 0.29) is 0 Å². The maximum absolute atomic E-state index is 5.89. The van der Waals surface area contributed by atoms with E-state index in [9.17, 15) is 0 Å². The monoisotopic (exact) mass is 301 g/mol. The van der Waals surface area contributed by atoms with E-state index < -0.39 is 0 Å². The molecule has 0 aliphatic rings. The second-order valence-electron chi connectivity index (χ2n) is 5.32. The standard InChI is InChI=1S/C18H23NO3/c1-13(2)14-4-6-15(7-5-14)21-10-11-22-18-9-8-16(20-3)12-17(18)19/h4-9,12-13H,10-11,19H2,1-3H3. The Kier molecular flexibility index (Phi) is 5.53. The van der Waals surface area contributed by atoms with Gasteiger partial charge < -0.3 is 19.9 Å². The van der Waals surface area contributed by atoms with E-state index in [4.69, 9.17) is 19.9 Å². The summed E-state index contributed by atoms with van der Waals surface area (Å²) in [5.41, 5.74) is 7.75. The first-order valence-electron chi connectivity index (χ1n) is 7.39. The molecule has 2 aromatic rings. The summed E-state index contributed by atoms with van der Waals surface area (Å²) in [6, 6.07) is 13.5. The quantitative estimate of drug-likeness (QED) is 0.623. The number of nitrogen functional groups attached to an aromatic ring is 1. The lowest BCUT2D eigenvalue weighted by molar-refractivity contribution is 0.217. The van der Waals surface area contributed by atoms with Crippen molar-refractivity contribution in [1.29, 1.82) is 0 Å². The average molecular weight is 301 g/mol. The van der Waals surface area contributed by atoms with Crippen LogP contribution in [0.25, 0.3) is 0 Å². The Morgan fingerprint density at radius 3 is 2.14 bits per heavy atom. The van der Waals surface area contributed by atoms with Gasteiger partial charge in [0.1, 0.15) is 30.5 Å². The maximum atomic E-state index is 5.89. The number of anilines is 1. The van der Waals surface area contributed by atoms with Gasteiger partial charge in [-0.25, -0.2) is 0 Å². The SMILES string of the molecule is COc1ccc(OCCOc2ccc(C(C)C)cc2)c(N)c1. The Labute approximate surface area is 131 Å². The Hall–Kier alpha value is -2.36. The summed E-state index contributed by atoms with van der Waals surface area (Å²) in [4.78, 5) is 0. The molecule has 0 aromatic heterocycles. The zero-order valence-corrected chi connectivity index (χ0v) is 13.3. The smallest absolute Gasteiger partial charge is 0.142 e. The van der Waals surface area contributed by atoms with Crippen molar-refractivity contribution in [3.05, 3.63) is 48.0 Å². The molecule has 0 radical (unpaired) electrons. The van der Waals surface area contributed by atoms with E-state index in [2.05, 4.69) is 26.0 Å². The lowest BCUT2D eigenvalue weighted by Gasteiger charge is -2.11. The zero-order valence-electron chi connectivity index (χ0n) is 13.3. The minimum Gasteiger partial charge on any atom is -0.497 e. The zero-order chi connectivity index (χ0) is 15.9. The van der Waals surface area contributed by atoms with Gasteiger partial charge in [-0.2, -0.15) is 0 Å². The molecule has 0 fully saturated rings. The molecular formula is C18H23NO3. The van der Waals surface area contributed by atoms with Crippen LogP contribution in [0.2, 0.25) is 0 Å². The van der Waals surface area contributed by atoms with Crippen LogP contribution in [-0.4, -0.2) is 20.3 Å². The summed E-state index contributed by atoms with van der Waals surface area (Å²) < 4.78 is 16.4. The third-order valence-electron chi connectivity index (χ3n) is 3.37. The molecule has 0 saturated heterocycles. The van der Waals surface area contributed by atoms with Crippen molar-refractivity contribution in [3.8, 4) is 17.2 Å². The first-order valence-corrected chi connectivity index (χ1v) is 7.39. The number of rotatable bonds is 7. The van der Waals surface area contributed by atoms with Gasteiger partial charge in [-0.15, -0.1) is 0 Å². The third-order valence-corrected chi connectivity index (χ3v) is 3.37. The van der Waals surface area contributed by atoms with Crippen LogP contribution in [0.3, 0.4) is 0 Å². The molecule has 4 nitrogen and oxygen atoms in total. The van der Waals surface area contributed by atoms with E-state index in [1.165, 1.54) is 5.56 Å². The van der Waals surface area contributed by atoms with Crippen molar-refractivity contribution in [1.82, 2.24) is 0 Å². The summed E-state index contributed by atoms with van der Waals surface area (Å²) in [7, 11) is 1.60. The fourth-order valence-electron chi connectivity index (χ4n) is 2.05. The minimum absolute atomic E-state index is 0.433. The van der Waals surface area contributed by atoms with Crippen molar-refractivity contribution < 1.29 is 14.2 Å². The van der Waals surface area contributed by atoms with Crippen molar-refractivity contribution in [2.75, 3.05) is 26.1 Å². The molecule has 0 spiro atoms. The van der Waals surface area contributed by atoms with Crippen LogP contribution >= 0.6 is 0 Å². The lowest BCUT2D eigenvalue weighted by Crippen LogP contribution is -2.10. The summed E-state index contributed by atoms with van der Waals surface area (Å²) in [6.45, 7) is 5.24. The molecular weight excluding hydrogens is 278 g/mol. The molecule has 4 heteroatoms. The highest BCUT2D eigenvalue weighted by atomic mass is 16.5. The molecule has 22 heavy (non-hydrogen) atoms. The van der Waals surface area contributed by atoms with Gasteiger partial charge in [0.25, 0.3) is 0 Å². The third kappa shape index (κ3) is 4.32. The molecule has 2 N–H and O–H groups in total. The molecule has 0 atom stereocenters. The van der Waals surface area contributed by atoms with E-state index >= 15 is 0 Å². The Morgan fingerprint density at radius 2 is 1.55 bits per heavy atom. The number of ether oxygens (including phenoxy) is 3. The fraction of sp³-hybridized carbons (Fsp3) is 0.333. The molecule has 0 heterocycles. The highest BCUT2D eigenvalue weighted by molar-refractivity contribution is 5.56. The van der Waals surface area contributed by atoms with Gasteiger partial charge in [0.2, 0.25) is 0 Å². The highest BCUT2D eigenvalue weighted by Gasteiger charge is 2.03. The molecule has 118 valence electrons. The van der Waals surface area contributed by atoms with E-state index in [1.54, 1.807) is 19.2 Å². The normalized spacial score (nSPS) is 10.5. The highest BCUT2D eigenvalue weighted by Crippen LogP contribution is 2.26. The minimum atomic E-state index is 0.433. The fourth-order valence-corrected chi connectivity index (χ4v) is 2.05. The topological polar surface area (TPSA) is 53.7 Å². The van der Waals surface area contributed by atoms with Crippen LogP contribution in [0.1, 0.15) is 25.3 Å². The van der Waals surface area contributed by atoms with Crippen LogP contribution in [0.5, 0.6) is 17.2 Å². The van der Waals surface area contributed by atoms with Crippen LogP contribution in [0, 0.1) is 0 Å². The summed E-state index contributed by atoms with van der Waals surface area (Å²) >= 11 is 0. The first-order chi connectivity index (χ1) is 10.6. The second kappa shape index (κ2) is 7.59. The van der Waals surface area contributed by atoms with Gasteiger partial charge in [0, 0.05) is 6.07 Å². The van der Waals surface area contributed by atoms with Crippen molar-refractivity contribution >= 4 is 5.69 Å². The molecule has 0 amide bonds. The van der Waals surface area contributed by atoms with E-state index in [0.717, 1.165) is 5.75 Å². The van der Waals surface area contributed by atoms with Crippen molar-refractivity contribution in [2.45, 2.75) is 19.8 Å². The van der Waals surface area contributed by atoms with E-state index in [1.807, 2.05) is 18.2 Å². The number of nitrogens with two attached hydrogens (primary N) is 1. The van der Waals surface area contributed by atoms with Gasteiger partial charge in [-0.1, -0.05) is 26.0 Å². The first kappa shape index (κ1) is 16.0. The molecule has 0 unspecified atom stereocenters. The Balaban J connectivity index is 1.79. The summed E-state index contributed by atoms with van der Waals surface area (Å²) in [5, 5.41) is 0.